The van der Waals surface area contributed by atoms with Crippen LogP contribution >= 0.6 is 11.3 Å². The highest BCUT2D eigenvalue weighted by Crippen LogP contribution is 2.15. The Bertz CT molecular complexity index is 767. The molecule has 1 aliphatic heterocycles. The van der Waals surface area contributed by atoms with E-state index in [9.17, 15) is 9.59 Å². The number of urea groups is 1. The molecule has 0 spiro atoms. The standard InChI is InChI=1S/C21H27N3O3S/c1-15-13-24(14-16(2)27-15)20(25)18-7-5-17(6-8-18)12-23-21(26)22-10-9-19-4-3-11-28-19/h3-8,11,15-16H,9-10,12-14H2,1-2H3,(H2,22,23,26)/t15-,16+. The number of thiophene rings is 1. The first-order valence-electron chi connectivity index (χ1n) is 9.59. The molecule has 0 aliphatic carbocycles. The summed E-state index contributed by atoms with van der Waals surface area (Å²) in [5.74, 6) is 0.0211. The van der Waals surface area contributed by atoms with Gasteiger partial charge in [-0.3, -0.25) is 4.79 Å². The topological polar surface area (TPSA) is 70.7 Å². The van der Waals surface area contributed by atoms with Gasteiger partial charge in [-0.05, 0) is 49.4 Å². The van der Waals surface area contributed by atoms with Gasteiger partial charge in [-0.1, -0.05) is 18.2 Å². The number of carbonyl (C=O) groups excluding carboxylic acids is 2. The van der Waals surface area contributed by atoms with Crippen LogP contribution in [0.25, 0.3) is 0 Å². The molecule has 7 heteroatoms. The van der Waals surface area contributed by atoms with Crippen LogP contribution in [-0.4, -0.2) is 48.7 Å². The van der Waals surface area contributed by atoms with Crippen LogP contribution in [0.1, 0.15) is 34.6 Å². The van der Waals surface area contributed by atoms with E-state index in [0.717, 1.165) is 12.0 Å². The fourth-order valence-corrected chi connectivity index (χ4v) is 4.00. The normalized spacial score (nSPS) is 19.3. The van der Waals surface area contributed by atoms with Gasteiger partial charge < -0.3 is 20.3 Å². The van der Waals surface area contributed by atoms with Gasteiger partial charge in [-0.25, -0.2) is 4.79 Å². The van der Waals surface area contributed by atoms with Gasteiger partial charge in [-0.15, -0.1) is 11.3 Å². The smallest absolute Gasteiger partial charge is 0.315 e. The van der Waals surface area contributed by atoms with Crippen LogP contribution in [0.3, 0.4) is 0 Å². The minimum Gasteiger partial charge on any atom is -0.372 e. The lowest BCUT2D eigenvalue weighted by molar-refractivity contribution is -0.0586. The number of hydrogen-bond acceptors (Lipinski definition) is 4. The average Bonchev–Trinajstić information content (AvgIpc) is 3.19. The molecular weight excluding hydrogens is 374 g/mol. The Morgan fingerprint density at radius 1 is 1.11 bits per heavy atom. The quantitative estimate of drug-likeness (QED) is 0.782. The van der Waals surface area contributed by atoms with Gasteiger partial charge in [0.1, 0.15) is 0 Å². The summed E-state index contributed by atoms with van der Waals surface area (Å²) in [5, 5.41) is 7.73. The zero-order valence-electron chi connectivity index (χ0n) is 16.3. The molecule has 2 heterocycles. The Labute approximate surface area is 169 Å². The van der Waals surface area contributed by atoms with Crippen LogP contribution in [0.15, 0.2) is 41.8 Å². The Balaban J connectivity index is 1.43. The summed E-state index contributed by atoms with van der Waals surface area (Å²) in [5.41, 5.74) is 1.61. The molecule has 0 saturated carbocycles. The van der Waals surface area contributed by atoms with E-state index in [4.69, 9.17) is 4.74 Å². The summed E-state index contributed by atoms with van der Waals surface area (Å²) in [7, 11) is 0. The van der Waals surface area contributed by atoms with Crippen molar-refractivity contribution >= 4 is 23.3 Å². The van der Waals surface area contributed by atoms with Gasteiger partial charge in [0.2, 0.25) is 0 Å². The molecule has 0 unspecified atom stereocenters. The van der Waals surface area contributed by atoms with Gasteiger partial charge in [0.15, 0.2) is 0 Å². The second kappa shape index (κ2) is 9.71. The number of amides is 3. The van der Waals surface area contributed by atoms with E-state index in [0.29, 0.717) is 31.7 Å². The van der Waals surface area contributed by atoms with Crippen LogP contribution in [0, 0.1) is 0 Å². The fraction of sp³-hybridized carbons (Fsp3) is 0.429. The van der Waals surface area contributed by atoms with Gasteiger partial charge in [0.25, 0.3) is 5.91 Å². The molecule has 28 heavy (non-hydrogen) atoms. The minimum atomic E-state index is -0.187. The van der Waals surface area contributed by atoms with E-state index in [2.05, 4.69) is 16.7 Å². The van der Waals surface area contributed by atoms with Crippen molar-refractivity contribution in [1.29, 1.82) is 0 Å². The molecule has 3 rings (SSSR count). The third kappa shape index (κ3) is 5.81. The van der Waals surface area contributed by atoms with Gasteiger partial charge >= 0.3 is 6.03 Å². The molecule has 3 amide bonds. The number of nitrogens with zero attached hydrogens (tertiary/aromatic N) is 1. The van der Waals surface area contributed by atoms with Crippen molar-refractivity contribution in [2.24, 2.45) is 0 Å². The fourth-order valence-electron chi connectivity index (χ4n) is 3.29. The number of rotatable bonds is 6. The Morgan fingerprint density at radius 3 is 2.46 bits per heavy atom. The maximum atomic E-state index is 12.7. The second-order valence-electron chi connectivity index (χ2n) is 7.10. The molecule has 2 aromatic rings. The van der Waals surface area contributed by atoms with E-state index in [1.54, 1.807) is 11.3 Å². The van der Waals surface area contributed by atoms with Crippen LogP contribution < -0.4 is 10.6 Å². The van der Waals surface area contributed by atoms with Crippen molar-refractivity contribution in [2.45, 2.75) is 39.0 Å². The molecule has 1 aromatic carbocycles. The van der Waals surface area contributed by atoms with Crippen molar-refractivity contribution < 1.29 is 14.3 Å². The van der Waals surface area contributed by atoms with Gasteiger partial charge in [0, 0.05) is 36.6 Å². The third-order valence-corrected chi connectivity index (χ3v) is 5.53. The molecule has 150 valence electrons. The van der Waals surface area contributed by atoms with Gasteiger partial charge in [-0.2, -0.15) is 0 Å². The number of benzene rings is 1. The zero-order chi connectivity index (χ0) is 19.9. The van der Waals surface area contributed by atoms with E-state index in [1.807, 2.05) is 54.5 Å². The molecule has 2 N–H and O–H groups in total. The summed E-state index contributed by atoms with van der Waals surface area (Å²) in [6.07, 6.45) is 0.935. The summed E-state index contributed by atoms with van der Waals surface area (Å²) in [4.78, 5) is 27.7. The van der Waals surface area contributed by atoms with E-state index in [1.165, 1.54) is 4.88 Å². The Kier molecular flexibility index (Phi) is 7.06. The number of morpholine rings is 1. The second-order valence-corrected chi connectivity index (χ2v) is 8.14. The van der Waals surface area contributed by atoms with Crippen molar-refractivity contribution in [3.05, 3.63) is 57.8 Å². The molecule has 0 radical (unpaired) electrons. The van der Waals surface area contributed by atoms with Gasteiger partial charge in [0.05, 0.1) is 12.2 Å². The predicted octanol–water partition coefficient (Wildman–Crippen LogP) is 3.04. The lowest BCUT2D eigenvalue weighted by atomic mass is 10.1. The first-order chi connectivity index (χ1) is 13.5. The largest absolute Gasteiger partial charge is 0.372 e. The average molecular weight is 402 g/mol. The maximum Gasteiger partial charge on any atom is 0.315 e. The van der Waals surface area contributed by atoms with Crippen LogP contribution in [0.4, 0.5) is 4.79 Å². The summed E-state index contributed by atoms with van der Waals surface area (Å²) in [6, 6.07) is 11.3. The van der Waals surface area contributed by atoms with Crippen molar-refractivity contribution in [1.82, 2.24) is 15.5 Å². The van der Waals surface area contributed by atoms with E-state index >= 15 is 0 Å². The Morgan fingerprint density at radius 2 is 1.82 bits per heavy atom. The lowest BCUT2D eigenvalue weighted by Gasteiger charge is -2.35. The highest BCUT2D eigenvalue weighted by atomic mass is 32.1. The first kappa shape index (κ1) is 20.4. The molecule has 0 bridgehead atoms. The first-order valence-corrected chi connectivity index (χ1v) is 10.5. The number of hydrogen-bond donors (Lipinski definition) is 2. The molecular formula is C21H27N3O3S. The number of carbonyl (C=O) groups is 2. The highest BCUT2D eigenvalue weighted by molar-refractivity contribution is 7.09. The monoisotopic (exact) mass is 401 g/mol. The van der Waals surface area contributed by atoms with E-state index in [-0.39, 0.29) is 24.1 Å². The van der Waals surface area contributed by atoms with Crippen molar-refractivity contribution in [3.63, 3.8) is 0 Å². The lowest BCUT2D eigenvalue weighted by Crippen LogP contribution is -2.48. The molecule has 1 fully saturated rings. The molecule has 2 atom stereocenters. The van der Waals surface area contributed by atoms with Crippen molar-refractivity contribution in [3.8, 4) is 0 Å². The SMILES string of the molecule is C[C@@H]1CN(C(=O)c2ccc(CNC(=O)NCCc3cccs3)cc2)C[C@H](C)O1. The van der Waals surface area contributed by atoms with E-state index < -0.39 is 0 Å². The molecule has 6 nitrogen and oxygen atoms in total. The summed E-state index contributed by atoms with van der Waals surface area (Å²) in [6.45, 7) is 6.21. The van der Waals surface area contributed by atoms with Crippen LogP contribution in [0.2, 0.25) is 0 Å². The molecule has 1 aromatic heterocycles. The third-order valence-electron chi connectivity index (χ3n) is 4.60. The minimum absolute atomic E-state index is 0.0211. The number of ether oxygens (including phenoxy) is 1. The Hall–Kier alpha value is -2.38. The molecule has 1 saturated heterocycles. The maximum absolute atomic E-state index is 12.7. The zero-order valence-corrected chi connectivity index (χ0v) is 17.1. The summed E-state index contributed by atoms with van der Waals surface area (Å²) < 4.78 is 5.69. The molecule has 1 aliphatic rings. The predicted molar refractivity (Wildman–Crippen MR) is 111 cm³/mol. The van der Waals surface area contributed by atoms with Crippen LogP contribution in [0.5, 0.6) is 0 Å². The van der Waals surface area contributed by atoms with Crippen molar-refractivity contribution in [2.75, 3.05) is 19.6 Å². The van der Waals surface area contributed by atoms with Crippen LogP contribution in [-0.2, 0) is 17.7 Å². The number of nitrogens with one attached hydrogen (secondary N) is 2. The highest BCUT2D eigenvalue weighted by Gasteiger charge is 2.26. The summed E-state index contributed by atoms with van der Waals surface area (Å²) >= 11 is 1.69.